The molecule has 1 aliphatic heterocycles. The first-order valence-electron chi connectivity index (χ1n) is 8.18. The lowest BCUT2D eigenvalue weighted by molar-refractivity contribution is 0.0893. The average Bonchev–Trinajstić information content (AvgIpc) is 2.90. The fourth-order valence-corrected chi connectivity index (χ4v) is 3.94. The number of rotatable bonds is 5. The van der Waals surface area contributed by atoms with E-state index in [-0.39, 0.29) is 0 Å². The third-order valence-corrected chi connectivity index (χ3v) is 5.14. The van der Waals surface area contributed by atoms with Crippen molar-refractivity contribution in [3.8, 4) is 0 Å². The second-order valence-corrected chi connectivity index (χ2v) is 6.70. The van der Waals surface area contributed by atoms with Crippen molar-refractivity contribution in [1.29, 1.82) is 0 Å². The van der Waals surface area contributed by atoms with Crippen molar-refractivity contribution in [3.05, 3.63) is 0 Å². The van der Waals surface area contributed by atoms with Gasteiger partial charge in [-0.1, -0.05) is 20.8 Å². The first kappa shape index (κ1) is 14.3. The minimum Gasteiger partial charge on any atom is -0.315 e. The van der Waals surface area contributed by atoms with E-state index in [1.165, 1.54) is 58.2 Å². The molecule has 0 radical (unpaired) electrons. The molecule has 1 unspecified atom stereocenters. The summed E-state index contributed by atoms with van der Waals surface area (Å²) in [4.78, 5) is 2.84. The van der Waals surface area contributed by atoms with Gasteiger partial charge in [-0.3, -0.25) is 4.90 Å². The molecule has 106 valence electrons. The lowest BCUT2D eigenvalue weighted by Crippen LogP contribution is -2.46. The second kappa shape index (κ2) is 6.91. The molecule has 0 aromatic carbocycles. The van der Waals surface area contributed by atoms with Crippen LogP contribution in [0.25, 0.3) is 0 Å². The van der Waals surface area contributed by atoms with Gasteiger partial charge in [0.2, 0.25) is 0 Å². The standard InChI is InChI=1S/C16H32N2/c1-4-11-18(16-9-10-17-12-16)15-7-5-14(6-8-15)13(2)3/h13-17H,4-12H2,1-3H3. The molecule has 1 N–H and O–H groups in total. The minimum absolute atomic E-state index is 0.825. The van der Waals surface area contributed by atoms with Crippen molar-refractivity contribution >= 4 is 0 Å². The molecule has 1 atom stereocenters. The summed E-state index contributed by atoms with van der Waals surface area (Å²) in [5.74, 6) is 1.88. The smallest absolute Gasteiger partial charge is 0.0235 e. The summed E-state index contributed by atoms with van der Waals surface area (Å²) in [6, 6.07) is 1.70. The maximum Gasteiger partial charge on any atom is 0.0235 e. The zero-order chi connectivity index (χ0) is 13.0. The Morgan fingerprint density at radius 3 is 2.28 bits per heavy atom. The number of nitrogens with zero attached hydrogens (tertiary/aromatic N) is 1. The predicted octanol–water partition coefficient (Wildman–Crippen LogP) is 3.28. The second-order valence-electron chi connectivity index (χ2n) is 6.70. The molecule has 0 aromatic heterocycles. The lowest BCUT2D eigenvalue weighted by Gasteiger charge is -2.41. The van der Waals surface area contributed by atoms with E-state index >= 15 is 0 Å². The van der Waals surface area contributed by atoms with Crippen molar-refractivity contribution in [1.82, 2.24) is 10.2 Å². The van der Waals surface area contributed by atoms with Gasteiger partial charge in [0.15, 0.2) is 0 Å². The third-order valence-electron chi connectivity index (χ3n) is 5.14. The van der Waals surface area contributed by atoms with Crippen molar-refractivity contribution < 1.29 is 0 Å². The molecule has 2 fully saturated rings. The van der Waals surface area contributed by atoms with Crippen LogP contribution in [0.3, 0.4) is 0 Å². The van der Waals surface area contributed by atoms with Crippen LogP contribution in [0, 0.1) is 11.8 Å². The molecule has 0 aromatic rings. The highest BCUT2D eigenvalue weighted by Gasteiger charge is 2.31. The monoisotopic (exact) mass is 252 g/mol. The molecule has 1 saturated heterocycles. The van der Waals surface area contributed by atoms with Crippen molar-refractivity contribution in [2.45, 2.75) is 71.4 Å². The molecule has 1 aliphatic carbocycles. The largest absolute Gasteiger partial charge is 0.315 e. The van der Waals surface area contributed by atoms with Gasteiger partial charge in [0.1, 0.15) is 0 Å². The Kier molecular flexibility index (Phi) is 5.50. The zero-order valence-corrected chi connectivity index (χ0v) is 12.6. The number of nitrogens with one attached hydrogen (secondary N) is 1. The summed E-state index contributed by atoms with van der Waals surface area (Å²) >= 11 is 0. The number of hydrogen-bond donors (Lipinski definition) is 1. The molecule has 2 aliphatic rings. The van der Waals surface area contributed by atoms with E-state index in [0.29, 0.717) is 0 Å². The first-order chi connectivity index (χ1) is 8.72. The summed E-state index contributed by atoms with van der Waals surface area (Å²) in [6.45, 7) is 10.9. The molecule has 2 nitrogen and oxygen atoms in total. The molecule has 18 heavy (non-hydrogen) atoms. The van der Waals surface area contributed by atoms with Gasteiger partial charge < -0.3 is 5.32 Å². The lowest BCUT2D eigenvalue weighted by atomic mass is 9.79. The van der Waals surface area contributed by atoms with Gasteiger partial charge in [-0.25, -0.2) is 0 Å². The maximum absolute atomic E-state index is 3.54. The van der Waals surface area contributed by atoms with Gasteiger partial charge in [0.05, 0.1) is 0 Å². The van der Waals surface area contributed by atoms with Crippen LogP contribution in [0.5, 0.6) is 0 Å². The molecular weight excluding hydrogens is 220 g/mol. The third kappa shape index (κ3) is 3.48. The molecule has 2 heteroatoms. The van der Waals surface area contributed by atoms with Gasteiger partial charge in [-0.15, -0.1) is 0 Å². The fraction of sp³-hybridized carbons (Fsp3) is 1.00. The normalized spacial score (nSPS) is 33.5. The van der Waals surface area contributed by atoms with Crippen LogP contribution in [-0.4, -0.2) is 36.6 Å². The molecule has 2 rings (SSSR count). The average molecular weight is 252 g/mol. The van der Waals surface area contributed by atoms with E-state index in [1.807, 2.05) is 0 Å². The van der Waals surface area contributed by atoms with Crippen LogP contribution in [0.1, 0.15) is 59.3 Å². The molecule has 0 amide bonds. The van der Waals surface area contributed by atoms with Crippen LogP contribution in [0.15, 0.2) is 0 Å². The Hall–Kier alpha value is -0.0800. The summed E-state index contributed by atoms with van der Waals surface area (Å²) in [6.07, 6.45) is 8.48. The van der Waals surface area contributed by atoms with Crippen LogP contribution in [-0.2, 0) is 0 Å². The van der Waals surface area contributed by atoms with E-state index in [2.05, 4.69) is 31.0 Å². The van der Waals surface area contributed by atoms with E-state index in [0.717, 1.165) is 23.9 Å². The minimum atomic E-state index is 0.825. The van der Waals surface area contributed by atoms with Gasteiger partial charge in [0.25, 0.3) is 0 Å². The van der Waals surface area contributed by atoms with Crippen LogP contribution in [0.2, 0.25) is 0 Å². The van der Waals surface area contributed by atoms with Gasteiger partial charge in [0, 0.05) is 18.6 Å². The Bertz CT molecular complexity index is 225. The van der Waals surface area contributed by atoms with Crippen molar-refractivity contribution in [3.63, 3.8) is 0 Å². The van der Waals surface area contributed by atoms with Crippen LogP contribution < -0.4 is 5.32 Å². The molecular formula is C16H32N2. The molecule has 0 bridgehead atoms. The Morgan fingerprint density at radius 1 is 1.06 bits per heavy atom. The van der Waals surface area contributed by atoms with Crippen molar-refractivity contribution in [2.75, 3.05) is 19.6 Å². The van der Waals surface area contributed by atoms with E-state index in [9.17, 15) is 0 Å². The highest BCUT2D eigenvalue weighted by Crippen LogP contribution is 2.33. The SMILES string of the molecule is CCCN(C1CCC(C(C)C)CC1)C1CCNC1. The topological polar surface area (TPSA) is 15.3 Å². The van der Waals surface area contributed by atoms with E-state index in [4.69, 9.17) is 0 Å². The first-order valence-corrected chi connectivity index (χ1v) is 8.18. The highest BCUT2D eigenvalue weighted by atomic mass is 15.2. The Morgan fingerprint density at radius 2 is 1.78 bits per heavy atom. The summed E-state index contributed by atoms with van der Waals surface area (Å²) < 4.78 is 0. The molecule has 0 spiro atoms. The summed E-state index contributed by atoms with van der Waals surface area (Å²) in [5, 5.41) is 3.54. The van der Waals surface area contributed by atoms with Crippen LogP contribution >= 0.6 is 0 Å². The summed E-state index contributed by atoms with van der Waals surface area (Å²) in [7, 11) is 0. The van der Waals surface area contributed by atoms with Gasteiger partial charge in [-0.2, -0.15) is 0 Å². The quantitative estimate of drug-likeness (QED) is 0.808. The van der Waals surface area contributed by atoms with Crippen molar-refractivity contribution in [2.24, 2.45) is 11.8 Å². The molecule has 1 saturated carbocycles. The number of hydrogen-bond acceptors (Lipinski definition) is 2. The molecule has 1 heterocycles. The maximum atomic E-state index is 3.54. The van der Waals surface area contributed by atoms with Gasteiger partial charge >= 0.3 is 0 Å². The Labute approximate surface area is 114 Å². The zero-order valence-electron chi connectivity index (χ0n) is 12.6. The van der Waals surface area contributed by atoms with Gasteiger partial charge in [-0.05, 0) is 63.5 Å². The van der Waals surface area contributed by atoms with E-state index in [1.54, 1.807) is 0 Å². The highest BCUT2D eigenvalue weighted by molar-refractivity contribution is 4.88. The van der Waals surface area contributed by atoms with E-state index < -0.39 is 0 Å². The summed E-state index contributed by atoms with van der Waals surface area (Å²) in [5.41, 5.74) is 0. The Balaban J connectivity index is 1.87. The fourth-order valence-electron chi connectivity index (χ4n) is 3.94. The predicted molar refractivity (Wildman–Crippen MR) is 78.9 cm³/mol. The van der Waals surface area contributed by atoms with Crippen LogP contribution in [0.4, 0.5) is 0 Å².